The highest BCUT2D eigenvalue weighted by atomic mass is 16.2. The molecule has 1 aromatic rings. The summed E-state index contributed by atoms with van der Waals surface area (Å²) >= 11 is 0. The van der Waals surface area contributed by atoms with E-state index in [1.807, 2.05) is 24.3 Å². The number of likely N-dealkylation sites (N-methyl/N-ethyl adjacent to an activating group) is 1. The molecule has 4 nitrogen and oxygen atoms in total. The topological polar surface area (TPSA) is 47.3 Å². The standard InChI is InChI=1S/C19H25N3O/c1-2-21-12-4-8-17(21)18-9-5-13-22(18)19(23)16-7-3-6-15(14-16)10-11-20/h3,6-7,14,17-18H,2,4-5,8-10,12-13H2,1H3/t17-,18-/m0/s1. The Labute approximate surface area is 138 Å². The summed E-state index contributed by atoms with van der Waals surface area (Å²) in [4.78, 5) is 17.6. The molecule has 0 radical (unpaired) electrons. The molecular formula is C19H25N3O. The molecule has 1 aromatic carbocycles. The molecule has 0 spiro atoms. The van der Waals surface area contributed by atoms with E-state index in [4.69, 9.17) is 5.26 Å². The van der Waals surface area contributed by atoms with Crippen LogP contribution >= 0.6 is 0 Å². The largest absolute Gasteiger partial charge is 0.334 e. The number of hydrogen-bond acceptors (Lipinski definition) is 3. The third-order valence-electron chi connectivity index (χ3n) is 5.28. The Kier molecular flexibility index (Phi) is 4.97. The fraction of sp³-hybridized carbons (Fsp3) is 0.579. The molecule has 2 saturated heterocycles. The summed E-state index contributed by atoms with van der Waals surface area (Å²) < 4.78 is 0. The lowest BCUT2D eigenvalue weighted by atomic mass is 10.0. The molecule has 2 fully saturated rings. The van der Waals surface area contributed by atoms with Crippen molar-refractivity contribution in [1.29, 1.82) is 5.26 Å². The summed E-state index contributed by atoms with van der Waals surface area (Å²) in [6, 6.07) is 10.6. The molecule has 2 heterocycles. The molecule has 2 aliphatic rings. The minimum absolute atomic E-state index is 0.134. The number of likely N-dealkylation sites (tertiary alicyclic amines) is 2. The number of carbonyl (C=O) groups excluding carboxylic acids is 1. The Hall–Kier alpha value is -1.86. The van der Waals surface area contributed by atoms with Gasteiger partial charge in [-0.3, -0.25) is 9.69 Å². The van der Waals surface area contributed by atoms with Crippen LogP contribution in [0.2, 0.25) is 0 Å². The second-order valence-corrected chi connectivity index (χ2v) is 6.58. The van der Waals surface area contributed by atoms with Crippen molar-refractivity contribution in [3.63, 3.8) is 0 Å². The number of rotatable bonds is 4. The van der Waals surface area contributed by atoms with Gasteiger partial charge in [0.1, 0.15) is 0 Å². The monoisotopic (exact) mass is 311 g/mol. The number of benzene rings is 1. The maximum Gasteiger partial charge on any atom is 0.254 e. The molecule has 0 bridgehead atoms. The van der Waals surface area contributed by atoms with E-state index in [1.165, 1.54) is 12.8 Å². The summed E-state index contributed by atoms with van der Waals surface area (Å²) in [5, 5.41) is 8.85. The maximum absolute atomic E-state index is 13.0. The highest BCUT2D eigenvalue weighted by Gasteiger charge is 2.39. The van der Waals surface area contributed by atoms with E-state index in [1.54, 1.807) is 0 Å². The Morgan fingerprint density at radius 2 is 2.04 bits per heavy atom. The van der Waals surface area contributed by atoms with Gasteiger partial charge in [-0.1, -0.05) is 19.1 Å². The van der Waals surface area contributed by atoms with Crippen molar-refractivity contribution in [2.24, 2.45) is 0 Å². The SMILES string of the molecule is CCN1CCC[C@H]1[C@@H]1CCCN1C(=O)c1cccc(CC#N)c1. The van der Waals surface area contributed by atoms with Gasteiger partial charge in [0.25, 0.3) is 5.91 Å². The van der Waals surface area contributed by atoms with E-state index in [0.717, 1.165) is 43.6 Å². The molecule has 3 rings (SSSR count). The number of nitrogens with zero attached hydrogens (tertiary/aromatic N) is 3. The number of carbonyl (C=O) groups is 1. The van der Waals surface area contributed by atoms with Crippen LogP contribution < -0.4 is 0 Å². The number of hydrogen-bond donors (Lipinski definition) is 0. The second-order valence-electron chi connectivity index (χ2n) is 6.58. The summed E-state index contributed by atoms with van der Waals surface area (Å²) in [6.07, 6.45) is 5.02. The molecular weight excluding hydrogens is 286 g/mol. The fourth-order valence-corrected chi connectivity index (χ4v) is 4.20. The van der Waals surface area contributed by atoms with Gasteiger partial charge in [0.2, 0.25) is 0 Å². The highest BCUT2D eigenvalue weighted by Crippen LogP contribution is 2.30. The average Bonchev–Trinajstić information content (AvgIpc) is 3.23. The molecule has 1 amide bonds. The van der Waals surface area contributed by atoms with Crippen molar-refractivity contribution in [3.05, 3.63) is 35.4 Å². The number of amides is 1. The van der Waals surface area contributed by atoms with Crippen LogP contribution in [0.4, 0.5) is 0 Å². The van der Waals surface area contributed by atoms with Crippen molar-refractivity contribution in [3.8, 4) is 6.07 Å². The van der Waals surface area contributed by atoms with E-state index in [9.17, 15) is 4.79 Å². The lowest BCUT2D eigenvalue weighted by Gasteiger charge is -2.34. The first kappa shape index (κ1) is 16.0. The minimum atomic E-state index is 0.134. The molecule has 23 heavy (non-hydrogen) atoms. The lowest BCUT2D eigenvalue weighted by molar-refractivity contribution is 0.0650. The molecule has 0 unspecified atom stereocenters. The molecule has 0 aromatic heterocycles. The van der Waals surface area contributed by atoms with Gasteiger partial charge in [-0.05, 0) is 56.5 Å². The summed E-state index contributed by atoms with van der Waals surface area (Å²) in [5.41, 5.74) is 1.65. The smallest absolute Gasteiger partial charge is 0.254 e. The predicted octanol–water partition coefficient (Wildman–Crippen LogP) is 2.84. The third-order valence-corrected chi connectivity index (χ3v) is 5.28. The average molecular weight is 311 g/mol. The van der Waals surface area contributed by atoms with Gasteiger partial charge >= 0.3 is 0 Å². The number of nitriles is 1. The van der Waals surface area contributed by atoms with Gasteiger partial charge in [-0.15, -0.1) is 0 Å². The van der Waals surface area contributed by atoms with Crippen LogP contribution in [0.15, 0.2) is 24.3 Å². The molecule has 2 aliphatic heterocycles. The van der Waals surface area contributed by atoms with Crippen LogP contribution in [0.1, 0.15) is 48.5 Å². The molecule has 4 heteroatoms. The van der Waals surface area contributed by atoms with Gasteiger partial charge in [0.15, 0.2) is 0 Å². The van der Waals surface area contributed by atoms with Crippen LogP contribution in [0.25, 0.3) is 0 Å². The van der Waals surface area contributed by atoms with Crippen LogP contribution in [0.3, 0.4) is 0 Å². The highest BCUT2D eigenvalue weighted by molar-refractivity contribution is 5.94. The van der Waals surface area contributed by atoms with Crippen molar-refractivity contribution >= 4 is 5.91 Å². The minimum Gasteiger partial charge on any atom is -0.334 e. The van der Waals surface area contributed by atoms with Crippen molar-refractivity contribution in [1.82, 2.24) is 9.80 Å². The first-order chi connectivity index (χ1) is 11.2. The molecule has 2 atom stereocenters. The van der Waals surface area contributed by atoms with Crippen molar-refractivity contribution in [2.75, 3.05) is 19.6 Å². The Morgan fingerprint density at radius 3 is 2.83 bits per heavy atom. The van der Waals surface area contributed by atoms with Crippen LogP contribution in [0.5, 0.6) is 0 Å². The molecule has 122 valence electrons. The third kappa shape index (κ3) is 3.25. The molecule has 0 N–H and O–H groups in total. The van der Waals surface area contributed by atoms with Gasteiger partial charge in [0, 0.05) is 24.2 Å². The zero-order valence-corrected chi connectivity index (χ0v) is 13.9. The quantitative estimate of drug-likeness (QED) is 0.859. The van der Waals surface area contributed by atoms with Crippen molar-refractivity contribution in [2.45, 2.75) is 51.1 Å². The Bertz CT molecular complexity index is 607. The van der Waals surface area contributed by atoms with Crippen LogP contribution in [0, 0.1) is 11.3 Å². The van der Waals surface area contributed by atoms with Crippen molar-refractivity contribution < 1.29 is 4.79 Å². The maximum atomic E-state index is 13.0. The first-order valence-electron chi connectivity index (χ1n) is 8.75. The molecule has 0 saturated carbocycles. The summed E-state index contributed by atoms with van der Waals surface area (Å²) in [5.74, 6) is 0.134. The van der Waals surface area contributed by atoms with Gasteiger partial charge < -0.3 is 4.90 Å². The second kappa shape index (κ2) is 7.14. The first-order valence-corrected chi connectivity index (χ1v) is 8.75. The fourth-order valence-electron chi connectivity index (χ4n) is 4.20. The predicted molar refractivity (Wildman–Crippen MR) is 90.1 cm³/mol. The van der Waals surface area contributed by atoms with E-state index < -0.39 is 0 Å². The molecule has 0 aliphatic carbocycles. The zero-order valence-electron chi connectivity index (χ0n) is 13.9. The van der Waals surface area contributed by atoms with E-state index in [0.29, 0.717) is 18.5 Å². The van der Waals surface area contributed by atoms with E-state index >= 15 is 0 Å². The zero-order chi connectivity index (χ0) is 16.2. The summed E-state index contributed by atoms with van der Waals surface area (Å²) in [7, 11) is 0. The van der Waals surface area contributed by atoms with Gasteiger partial charge in [-0.2, -0.15) is 5.26 Å². The van der Waals surface area contributed by atoms with Crippen LogP contribution in [-0.2, 0) is 6.42 Å². The van der Waals surface area contributed by atoms with E-state index in [-0.39, 0.29) is 5.91 Å². The lowest BCUT2D eigenvalue weighted by Crippen LogP contribution is -2.48. The van der Waals surface area contributed by atoms with Gasteiger partial charge in [0.05, 0.1) is 12.5 Å². The Balaban J connectivity index is 1.78. The normalized spacial score (nSPS) is 24.8. The summed E-state index contributed by atoms with van der Waals surface area (Å²) in [6.45, 7) is 5.31. The van der Waals surface area contributed by atoms with Crippen LogP contribution in [-0.4, -0.2) is 47.4 Å². The Morgan fingerprint density at radius 1 is 1.26 bits per heavy atom. The van der Waals surface area contributed by atoms with Gasteiger partial charge in [-0.25, -0.2) is 0 Å². The van der Waals surface area contributed by atoms with E-state index in [2.05, 4.69) is 22.8 Å².